The highest BCUT2D eigenvalue weighted by Crippen LogP contribution is 2.19. The fraction of sp³-hybridized carbons (Fsp3) is 0.167. The standard InChI is InChI=1S/C18H23N3OS/c19-11-9-18(20)21-17(10-13-23)16-8-5-7-15(14-16)6-3-1-2-4-12-22/h1-9,11-12,14,17,22-23H,10,13,19H2,(H2,20,21)/b2-1-,6-3-,11-9-,12-4+. The van der Waals surface area contributed by atoms with Crippen LogP contribution in [-0.2, 0) is 0 Å². The summed E-state index contributed by atoms with van der Waals surface area (Å²) in [4.78, 5) is 0. The third-order valence-corrected chi connectivity index (χ3v) is 3.29. The summed E-state index contributed by atoms with van der Waals surface area (Å²) in [5, 5.41) is 19.5. The molecule has 1 rings (SSSR count). The van der Waals surface area contributed by atoms with Gasteiger partial charge in [0, 0.05) is 0 Å². The molecule has 1 aromatic rings. The van der Waals surface area contributed by atoms with E-state index in [1.54, 1.807) is 12.2 Å². The number of nitrogens with two attached hydrogens (primary N) is 1. The predicted molar refractivity (Wildman–Crippen MR) is 102 cm³/mol. The van der Waals surface area contributed by atoms with Crippen LogP contribution in [0.1, 0.15) is 23.6 Å². The number of aliphatic hydroxyl groups excluding tert-OH is 1. The molecule has 0 bridgehead atoms. The molecule has 1 aromatic carbocycles. The predicted octanol–water partition coefficient (Wildman–Crippen LogP) is 3.73. The Kier molecular flexibility index (Phi) is 9.09. The van der Waals surface area contributed by atoms with Gasteiger partial charge in [0.2, 0.25) is 0 Å². The first-order valence-corrected chi connectivity index (χ1v) is 7.92. The van der Waals surface area contributed by atoms with Crippen molar-refractivity contribution in [2.24, 2.45) is 5.73 Å². The first-order chi connectivity index (χ1) is 11.2. The van der Waals surface area contributed by atoms with Crippen molar-refractivity contribution in [3.8, 4) is 0 Å². The average molecular weight is 329 g/mol. The van der Waals surface area contributed by atoms with Crippen LogP contribution in [0.2, 0.25) is 0 Å². The summed E-state index contributed by atoms with van der Waals surface area (Å²) in [6, 6.07) is 8.12. The van der Waals surface area contributed by atoms with Crippen molar-refractivity contribution in [2.45, 2.75) is 12.5 Å². The van der Waals surface area contributed by atoms with Gasteiger partial charge in [0.15, 0.2) is 0 Å². The number of thiol groups is 1. The highest BCUT2D eigenvalue weighted by molar-refractivity contribution is 7.80. The molecule has 0 fully saturated rings. The van der Waals surface area contributed by atoms with Crippen LogP contribution in [0.25, 0.3) is 6.08 Å². The molecule has 0 amide bonds. The number of nitrogens with one attached hydrogen (secondary N) is 2. The van der Waals surface area contributed by atoms with Gasteiger partial charge in [-0.05, 0) is 47.7 Å². The normalized spacial score (nSPS) is 13.4. The Morgan fingerprint density at radius 1 is 1.30 bits per heavy atom. The van der Waals surface area contributed by atoms with Crippen molar-refractivity contribution in [2.75, 3.05) is 5.75 Å². The van der Waals surface area contributed by atoms with E-state index in [-0.39, 0.29) is 11.9 Å². The highest BCUT2D eigenvalue weighted by Gasteiger charge is 2.11. The van der Waals surface area contributed by atoms with E-state index in [1.807, 2.05) is 36.4 Å². The second-order valence-corrected chi connectivity index (χ2v) is 5.18. The third kappa shape index (κ3) is 7.42. The molecule has 0 aliphatic heterocycles. The van der Waals surface area contributed by atoms with Crippen molar-refractivity contribution < 1.29 is 5.11 Å². The van der Waals surface area contributed by atoms with Gasteiger partial charge in [0.1, 0.15) is 5.84 Å². The van der Waals surface area contributed by atoms with E-state index in [0.717, 1.165) is 23.8 Å². The van der Waals surface area contributed by atoms with Crippen molar-refractivity contribution in [1.82, 2.24) is 5.32 Å². The van der Waals surface area contributed by atoms with Gasteiger partial charge in [-0.3, -0.25) is 5.41 Å². The van der Waals surface area contributed by atoms with Crippen LogP contribution in [0.4, 0.5) is 0 Å². The summed E-state index contributed by atoms with van der Waals surface area (Å²) in [6.07, 6.45) is 13.7. The lowest BCUT2D eigenvalue weighted by Crippen LogP contribution is -2.27. The van der Waals surface area contributed by atoms with Crippen molar-refractivity contribution in [3.05, 3.63) is 78.2 Å². The van der Waals surface area contributed by atoms with Crippen LogP contribution >= 0.6 is 12.6 Å². The molecular weight excluding hydrogens is 306 g/mol. The lowest BCUT2D eigenvalue weighted by molar-refractivity contribution is 0.474. The van der Waals surface area contributed by atoms with Gasteiger partial charge in [-0.1, -0.05) is 42.5 Å². The first kappa shape index (κ1) is 18.6. The summed E-state index contributed by atoms with van der Waals surface area (Å²) < 4.78 is 0. The molecular formula is C18H23N3OS. The lowest BCUT2D eigenvalue weighted by Gasteiger charge is -2.19. The van der Waals surface area contributed by atoms with Crippen LogP contribution in [0.5, 0.6) is 0 Å². The number of aliphatic hydroxyl groups is 1. The van der Waals surface area contributed by atoms with Crippen LogP contribution < -0.4 is 11.1 Å². The summed E-state index contributed by atoms with van der Waals surface area (Å²) >= 11 is 4.30. The second kappa shape index (κ2) is 11.2. The van der Waals surface area contributed by atoms with Crippen LogP contribution in [-0.4, -0.2) is 16.7 Å². The molecule has 122 valence electrons. The Labute approximate surface area is 143 Å². The molecule has 4 nitrogen and oxygen atoms in total. The molecule has 0 saturated carbocycles. The molecule has 5 heteroatoms. The summed E-state index contributed by atoms with van der Waals surface area (Å²) in [7, 11) is 0. The zero-order valence-corrected chi connectivity index (χ0v) is 13.8. The molecule has 0 spiro atoms. The maximum atomic E-state index is 8.54. The molecule has 1 atom stereocenters. The maximum absolute atomic E-state index is 8.54. The van der Waals surface area contributed by atoms with E-state index in [0.29, 0.717) is 5.75 Å². The summed E-state index contributed by atoms with van der Waals surface area (Å²) in [5.74, 6) is 0.993. The van der Waals surface area contributed by atoms with Crippen molar-refractivity contribution >= 4 is 24.5 Å². The molecule has 23 heavy (non-hydrogen) atoms. The van der Waals surface area contributed by atoms with Crippen molar-refractivity contribution in [1.29, 1.82) is 5.41 Å². The minimum Gasteiger partial charge on any atom is -0.516 e. The molecule has 5 N–H and O–H groups in total. The van der Waals surface area contributed by atoms with E-state index < -0.39 is 0 Å². The van der Waals surface area contributed by atoms with Gasteiger partial charge in [-0.25, -0.2) is 0 Å². The van der Waals surface area contributed by atoms with Gasteiger partial charge in [-0.15, -0.1) is 0 Å². The van der Waals surface area contributed by atoms with Crippen molar-refractivity contribution in [3.63, 3.8) is 0 Å². The molecule has 0 aromatic heterocycles. The first-order valence-electron chi connectivity index (χ1n) is 7.29. The smallest absolute Gasteiger partial charge is 0.119 e. The minimum absolute atomic E-state index is 0.0115. The average Bonchev–Trinajstić information content (AvgIpc) is 2.55. The zero-order chi connectivity index (χ0) is 16.9. The number of rotatable bonds is 8. The van der Waals surface area contributed by atoms with Crippen LogP contribution in [0, 0.1) is 5.41 Å². The maximum Gasteiger partial charge on any atom is 0.119 e. The fourth-order valence-corrected chi connectivity index (χ4v) is 2.27. The summed E-state index contributed by atoms with van der Waals surface area (Å²) in [5.41, 5.74) is 7.47. The molecule has 0 radical (unpaired) electrons. The van der Waals surface area contributed by atoms with E-state index in [9.17, 15) is 0 Å². The van der Waals surface area contributed by atoms with E-state index in [2.05, 4.69) is 24.0 Å². The Morgan fingerprint density at radius 2 is 2.09 bits per heavy atom. The van der Waals surface area contributed by atoms with E-state index in [4.69, 9.17) is 16.2 Å². The number of hydrogen-bond donors (Lipinski definition) is 5. The topological polar surface area (TPSA) is 82.1 Å². The van der Waals surface area contributed by atoms with E-state index >= 15 is 0 Å². The van der Waals surface area contributed by atoms with Gasteiger partial charge >= 0.3 is 0 Å². The lowest BCUT2D eigenvalue weighted by atomic mass is 10.0. The van der Waals surface area contributed by atoms with Gasteiger partial charge < -0.3 is 16.2 Å². The minimum atomic E-state index is 0.0115. The SMILES string of the molecule is N=C(/C=C\N)NC(CCS)c1cccc(\C=C/C=C\C=C\O)c1. The highest BCUT2D eigenvalue weighted by atomic mass is 32.1. The largest absolute Gasteiger partial charge is 0.516 e. The molecule has 0 heterocycles. The molecule has 1 unspecified atom stereocenters. The number of amidine groups is 1. The summed E-state index contributed by atoms with van der Waals surface area (Å²) in [6.45, 7) is 0. The number of hydrogen-bond acceptors (Lipinski definition) is 4. The monoisotopic (exact) mass is 329 g/mol. The Hall–Kier alpha value is -2.40. The number of benzene rings is 1. The van der Waals surface area contributed by atoms with Gasteiger partial charge in [-0.2, -0.15) is 12.6 Å². The molecule has 0 saturated heterocycles. The third-order valence-electron chi connectivity index (χ3n) is 3.03. The Morgan fingerprint density at radius 3 is 2.78 bits per heavy atom. The molecule has 0 aliphatic rings. The van der Waals surface area contributed by atoms with E-state index in [1.165, 1.54) is 12.3 Å². The molecule has 0 aliphatic carbocycles. The fourth-order valence-electron chi connectivity index (χ4n) is 2.01. The quantitative estimate of drug-likeness (QED) is 0.166. The van der Waals surface area contributed by atoms with Gasteiger partial charge in [0.05, 0.1) is 12.3 Å². The van der Waals surface area contributed by atoms with Gasteiger partial charge in [0.25, 0.3) is 0 Å². The Balaban J connectivity index is 2.87. The second-order valence-electron chi connectivity index (χ2n) is 4.74. The Bertz CT molecular complexity index is 606. The van der Waals surface area contributed by atoms with Crippen LogP contribution in [0.3, 0.4) is 0 Å². The zero-order valence-electron chi connectivity index (χ0n) is 12.9. The van der Waals surface area contributed by atoms with Crippen LogP contribution in [0.15, 0.2) is 67.1 Å². The number of allylic oxidation sites excluding steroid dienone is 4.